The zero-order chi connectivity index (χ0) is 29.8. The molecular weight excluding hydrogens is 564 g/mol. The number of anilines is 1. The third-order valence-corrected chi connectivity index (χ3v) is 8.74. The molecule has 0 saturated carbocycles. The Kier molecular flexibility index (Phi) is 8.87. The SMILES string of the molecule is Nc1ccc(S[C@@H]2O[C@H](COCc3ccccc3)[C@@H](O)[C@H](OCc3ccccc3)[C@H]2N2C(=O)c3ccccc3C2=O)cc1. The van der Waals surface area contributed by atoms with E-state index in [4.69, 9.17) is 19.9 Å². The van der Waals surface area contributed by atoms with Crippen molar-refractivity contribution in [2.24, 2.45) is 0 Å². The van der Waals surface area contributed by atoms with Crippen molar-refractivity contribution < 1.29 is 28.9 Å². The maximum absolute atomic E-state index is 13.7. The number of aliphatic hydroxyl groups is 1. The van der Waals surface area contributed by atoms with Crippen molar-refractivity contribution in [3.8, 4) is 0 Å². The van der Waals surface area contributed by atoms with Gasteiger partial charge in [0.25, 0.3) is 11.8 Å². The molecule has 4 aromatic carbocycles. The summed E-state index contributed by atoms with van der Waals surface area (Å²) in [6, 6.07) is 32.3. The van der Waals surface area contributed by atoms with Gasteiger partial charge in [-0.3, -0.25) is 14.5 Å². The largest absolute Gasteiger partial charge is 0.399 e. The highest BCUT2D eigenvalue weighted by molar-refractivity contribution is 7.99. The predicted octanol–water partition coefficient (Wildman–Crippen LogP) is 4.91. The minimum atomic E-state index is -1.20. The molecule has 8 nitrogen and oxygen atoms in total. The van der Waals surface area contributed by atoms with E-state index in [-0.39, 0.29) is 13.2 Å². The molecule has 1 fully saturated rings. The van der Waals surface area contributed by atoms with Gasteiger partial charge in [0.1, 0.15) is 29.8 Å². The van der Waals surface area contributed by atoms with Crippen LogP contribution in [-0.2, 0) is 27.4 Å². The van der Waals surface area contributed by atoms with Crippen LogP contribution in [0.15, 0.2) is 114 Å². The predicted molar refractivity (Wildman–Crippen MR) is 163 cm³/mol. The minimum absolute atomic E-state index is 0.0783. The number of nitrogens with two attached hydrogens (primary N) is 1. The second-order valence-electron chi connectivity index (χ2n) is 10.5. The summed E-state index contributed by atoms with van der Waals surface area (Å²) in [4.78, 5) is 29.5. The molecule has 2 aliphatic rings. The van der Waals surface area contributed by atoms with Crippen LogP contribution in [0.1, 0.15) is 31.8 Å². The monoisotopic (exact) mass is 596 g/mol. The average molecular weight is 597 g/mol. The van der Waals surface area contributed by atoms with Crippen molar-refractivity contribution in [2.75, 3.05) is 12.3 Å². The van der Waals surface area contributed by atoms with E-state index in [1.807, 2.05) is 72.8 Å². The van der Waals surface area contributed by atoms with Crippen LogP contribution in [0.25, 0.3) is 0 Å². The van der Waals surface area contributed by atoms with E-state index in [2.05, 4.69) is 0 Å². The molecule has 0 aliphatic carbocycles. The number of nitrogen functional groups attached to an aromatic ring is 1. The van der Waals surface area contributed by atoms with Crippen LogP contribution in [0.2, 0.25) is 0 Å². The molecule has 4 aromatic rings. The summed E-state index contributed by atoms with van der Waals surface area (Å²) < 4.78 is 18.9. The third kappa shape index (κ3) is 6.36. The molecular formula is C34H32N2O6S. The summed E-state index contributed by atoms with van der Waals surface area (Å²) in [6.45, 7) is 0.578. The number of hydrogen-bond acceptors (Lipinski definition) is 8. The Hall–Kier alpha value is -3.99. The number of hydrogen-bond donors (Lipinski definition) is 2. The van der Waals surface area contributed by atoms with Gasteiger partial charge in [-0.1, -0.05) is 84.6 Å². The van der Waals surface area contributed by atoms with E-state index in [1.54, 1.807) is 36.4 Å². The van der Waals surface area contributed by atoms with Gasteiger partial charge in [0.2, 0.25) is 0 Å². The standard InChI is InChI=1S/C34H32N2O6S/c35-24-15-17-25(18-16-24)43-34-29(36-32(38)26-13-7-8-14-27(26)33(36)39)31(41-20-23-11-5-2-6-12-23)30(37)28(42-34)21-40-19-22-9-3-1-4-10-22/h1-18,28-31,34,37H,19-21,35H2/t28-,29-,30-,31-,34+/m1/s1. The summed E-state index contributed by atoms with van der Waals surface area (Å²) in [5, 5.41) is 11.7. The van der Waals surface area contributed by atoms with Gasteiger partial charge >= 0.3 is 0 Å². The zero-order valence-corrected chi connectivity index (χ0v) is 24.1. The van der Waals surface area contributed by atoms with Gasteiger partial charge in [-0.25, -0.2) is 0 Å². The summed E-state index contributed by atoms with van der Waals surface area (Å²) in [7, 11) is 0. The van der Waals surface area contributed by atoms with Crippen LogP contribution in [0.4, 0.5) is 5.69 Å². The van der Waals surface area contributed by atoms with E-state index in [9.17, 15) is 14.7 Å². The molecule has 2 heterocycles. The first-order valence-electron chi connectivity index (χ1n) is 14.1. The first-order valence-corrected chi connectivity index (χ1v) is 15.0. The lowest BCUT2D eigenvalue weighted by molar-refractivity contribution is -0.205. The number of fused-ring (bicyclic) bond motifs is 1. The minimum Gasteiger partial charge on any atom is -0.399 e. The van der Waals surface area contributed by atoms with Crippen LogP contribution >= 0.6 is 11.8 Å². The lowest BCUT2D eigenvalue weighted by Crippen LogP contribution is -2.65. The second-order valence-corrected chi connectivity index (χ2v) is 11.7. The van der Waals surface area contributed by atoms with Gasteiger partial charge in [0.05, 0.1) is 30.9 Å². The van der Waals surface area contributed by atoms with Gasteiger partial charge in [0, 0.05) is 10.6 Å². The fourth-order valence-electron chi connectivity index (χ4n) is 5.40. The van der Waals surface area contributed by atoms with Crippen molar-refractivity contribution in [3.63, 3.8) is 0 Å². The highest BCUT2D eigenvalue weighted by Crippen LogP contribution is 2.40. The molecule has 1 saturated heterocycles. The van der Waals surface area contributed by atoms with Gasteiger partial charge < -0.3 is 25.1 Å². The Morgan fingerprint density at radius 3 is 1.93 bits per heavy atom. The summed E-state index contributed by atoms with van der Waals surface area (Å²) >= 11 is 1.34. The van der Waals surface area contributed by atoms with Crippen LogP contribution in [0, 0.1) is 0 Å². The maximum Gasteiger partial charge on any atom is 0.262 e. The number of ether oxygens (including phenoxy) is 3. The highest BCUT2D eigenvalue weighted by Gasteiger charge is 2.54. The topological polar surface area (TPSA) is 111 Å². The number of nitrogens with zero attached hydrogens (tertiary/aromatic N) is 1. The molecule has 43 heavy (non-hydrogen) atoms. The van der Waals surface area contributed by atoms with Gasteiger partial charge in [-0.2, -0.15) is 0 Å². The molecule has 5 atom stereocenters. The Balaban J connectivity index is 1.33. The zero-order valence-electron chi connectivity index (χ0n) is 23.3. The molecule has 6 rings (SSSR count). The fourth-order valence-corrected chi connectivity index (χ4v) is 6.57. The van der Waals surface area contributed by atoms with Crippen molar-refractivity contribution in [2.45, 2.75) is 47.9 Å². The lowest BCUT2D eigenvalue weighted by Gasteiger charge is -2.47. The van der Waals surface area contributed by atoms with E-state index in [1.165, 1.54) is 16.7 Å². The molecule has 2 amide bonds. The van der Waals surface area contributed by atoms with Gasteiger partial charge in [0.15, 0.2) is 0 Å². The van der Waals surface area contributed by atoms with Crippen molar-refractivity contribution >= 4 is 29.3 Å². The molecule has 0 spiro atoms. The molecule has 220 valence electrons. The molecule has 0 radical (unpaired) electrons. The number of carbonyl (C=O) groups is 2. The van der Waals surface area contributed by atoms with Crippen LogP contribution in [-0.4, -0.2) is 58.2 Å². The molecule has 9 heteroatoms. The van der Waals surface area contributed by atoms with Crippen molar-refractivity contribution in [1.29, 1.82) is 0 Å². The second kappa shape index (κ2) is 13.1. The molecule has 2 aliphatic heterocycles. The van der Waals surface area contributed by atoms with Crippen LogP contribution in [0.5, 0.6) is 0 Å². The first-order chi connectivity index (χ1) is 21.0. The normalized spacial score (nSPS) is 23.4. The number of thioether (sulfide) groups is 1. The maximum atomic E-state index is 13.7. The first kappa shape index (κ1) is 29.1. The van der Waals surface area contributed by atoms with E-state index >= 15 is 0 Å². The van der Waals surface area contributed by atoms with Crippen LogP contribution < -0.4 is 5.73 Å². The van der Waals surface area contributed by atoms with Crippen molar-refractivity contribution in [1.82, 2.24) is 4.90 Å². The number of rotatable bonds is 10. The van der Waals surface area contributed by atoms with Gasteiger partial charge in [-0.15, -0.1) is 0 Å². The molecule has 3 N–H and O–H groups in total. The Labute approximate surface area is 254 Å². The third-order valence-electron chi connectivity index (χ3n) is 7.58. The van der Waals surface area contributed by atoms with Crippen LogP contribution in [0.3, 0.4) is 0 Å². The van der Waals surface area contributed by atoms with E-state index < -0.39 is 41.6 Å². The average Bonchev–Trinajstić information content (AvgIpc) is 3.29. The van der Waals surface area contributed by atoms with Crippen molar-refractivity contribution in [3.05, 3.63) is 131 Å². The molecule has 0 aromatic heterocycles. The number of carbonyl (C=O) groups excluding carboxylic acids is 2. The number of amides is 2. The quantitative estimate of drug-likeness (QED) is 0.196. The summed E-state index contributed by atoms with van der Waals surface area (Å²) in [5.74, 6) is -0.896. The van der Waals surface area contributed by atoms with E-state index in [0.29, 0.717) is 23.4 Å². The Morgan fingerprint density at radius 2 is 1.33 bits per heavy atom. The fraction of sp³-hybridized carbons (Fsp3) is 0.235. The Morgan fingerprint density at radius 1 is 0.767 bits per heavy atom. The number of aliphatic hydroxyl groups excluding tert-OH is 1. The number of imide groups is 1. The van der Waals surface area contributed by atoms with Gasteiger partial charge in [-0.05, 0) is 47.5 Å². The van der Waals surface area contributed by atoms with E-state index in [0.717, 1.165) is 16.0 Å². The smallest absolute Gasteiger partial charge is 0.262 e. The Bertz CT molecular complexity index is 1520. The summed E-state index contributed by atoms with van der Waals surface area (Å²) in [6.07, 6.45) is -2.95. The highest BCUT2D eigenvalue weighted by atomic mass is 32.2. The number of benzene rings is 4. The lowest BCUT2D eigenvalue weighted by atomic mass is 9.96. The molecule has 0 unspecified atom stereocenters. The summed E-state index contributed by atoms with van der Waals surface area (Å²) in [5.41, 5.74) is 8.26. The molecule has 0 bridgehead atoms.